The molecule has 0 saturated heterocycles. The quantitative estimate of drug-likeness (QED) is 0.851. The van der Waals surface area contributed by atoms with Crippen molar-refractivity contribution in [3.05, 3.63) is 30.6 Å². The smallest absolute Gasteiger partial charge is 0.231 e. The number of thioether (sulfide) groups is 1. The molecule has 0 fully saturated rings. The second-order valence-electron chi connectivity index (χ2n) is 5.01. The van der Waals surface area contributed by atoms with Gasteiger partial charge in [0, 0.05) is 49.8 Å². The molecule has 2 aromatic heterocycles. The van der Waals surface area contributed by atoms with E-state index in [0.717, 1.165) is 22.8 Å². The number of hydrogen-bond donors (Lipinski definition) is 0. The highest BCUT2D eigenvalue weighted by Gasteiger charge is 2.21. The molecule has 2 aromatic rings. The molecule has 0 aliphatic rings. The summed E-state index contributed by atoms with van der Waals surface area (Å²) < 4.78 is 1.73. The van der Waals surface area contributed by atoms with Gasteiger partial charge in [-0.3, -0.25) is 19.4 Å². The summed E-state index contributed by atoms with van der Waals surface area (Å²) in [7, 11) is 3.64. The lowest BCUT2D eigenvalue weighted by Crippen LogP contribution is -2.33. The summed E-state index contributed by atoms with van der Waals surface area (Å²) in [6.07, 6.45) is 5.51. The topological polar surface area (TPSA) is 51.0 Å². The number of pyridine rings is 1. The number of hydrogen-bond acceptors (Lipinski definition) is 4. The molecule has 0 spiro atoms. The second kappa shape index (κ2) is 6.76. The van der Waals surface area contributed by atoms with Crippen LogP contribution >= 0.6 is 11.8 Å². The van der Waals surface area contributed by atoms with E-state index in [2.05, 4.69) is 10.1 Å². The molecule has 0 aliphatic heterocycles. The Morgan fingerprint density at radius 3 is 2.90 bits per heavy atom. The molecule has 1 atom stereocenters. The third-order valence-electron chi connectivity index (χ3n) is 3.32. The van der Waals surface area contributed by atoms with Gasteiger partial charge in [0.2, 0.25) is 5.91 Å². The van der Waals surface area contributed by atoms with E-state index in [1.807, 2.05) is 38.4 Å². The third kappa shape index (κ3) is 3.44. The van der Waals surface area contributed by atoms with Crippen LogP contribution in [-0.2, 0) is 11.8 Å². The Kier molecular flexibility index (Phi) is 5.01. The molecule has 0 N–H and O–H groups in total. The first-order valence-corrected chi connectivity index (χ1v) is 8.15. The van der Waals surface area contributed by atoms with Crippen molar-refractivity contribution >= 4 is 23.5 Å². The molecular formula is C15H20N4OS. The van der Waals surface area contributed by atoms with Gasteiger partial charge in [0.05, 0.1) is 5.69 Å². The fourth-order valence-electron chi connectivity index (χ4n) is 2.19. The van der Waals surface area contributed by atoms with E-state index in [1.165, 1.54) is 0 Å². The van der Waals surface area contributed by atoms with Crippen LogP contribution in [-0.4, -0.2) is 39.7 Å². The third-order valence-corrected chi connectivity index (χ3v) is 4.16. The van der Waals surface area contributed by atoms with E-state index >= 15 is 0 Å². The zero-order chi connectivity index (χ0) is 15.4. The van der Waals surface area contributed by atoms with Crippen molar-refractivity contribution in [2.45, 2.75) is 6.92 Å². The molecule has 112 valence electrons. The molecule has 1 amide bonds. The molecule has 2 rings (SSSR count). The van der Waals surface area contributed by atoms with Crippen LogP contribution in [0, 0.1) is 5.92 Å². The largest absolute Gasteiger partial charge is 0.300 e. The number of nitrogens with zero attached hydrogens (tertiary/aromatic N) is 4. The normalized spacial score (nSPS) is 12.2. The fourth-order valence-corrected chi connectivity index (χ4v) is 2.83. The van der Waals surface area contributed by atoms with Crippen molar-refractivity contribution in [1.82, 2.24) is 14.8 Å². The second-order valence-corrected chi connectivity index (χ2v) is 5.92. The average Bonchev–Trinajstić information content (AvgIpc) is 2.89. The molecule has 1 unspecified atom stereocenters. The number of carbonyl (C=O) groups is 1. The number of amides is 1. The maximum absolute atomic E-state index is 12.4. The summed E-state index contributed by atoms with van der Waals surface area (Å²) in [5, 5.41) is 4.47. The van der Waals surface area contributed by atoms with Gasteiger partial charge in [0.15, 0.2) is 0 Å². The van der Waals surface area contributed by atoms with E-state index in [1.54, 1.807) is 40.8 Å². The van der Waals surface area contributed by atoms with Gasteiger partial charge in [-0.25, -0.2) is 0 Å². The van der Waals surface area contributed by atoms with Crippen molar-refractivity contribution in [3.63, 3.8) is 0 Å². The Balaban J connectivity index is 2.25. The summed E-state index contributed by atoms with van der Waals surface area (Å²) in [5.41, 5.74) is 1.76. The van der Waals surface area contributed by atoms with Gasteiger partial charge in [0.1, 0.15) is 5.82 Å². The summed E-state index contributed by atoms with van der Waals surface area (Å²) in [4.78, 5) is 18.2. The lowest BCUT2D eigenvalue weighted by Gasteiger charge is -2.20. The number of anilines is 1. The minimum absolute atomic E-state index is 0.0123. The SMILES string of the molecule is CSCC(C)C(=O)N(C)c1cc(-c2cccnc2)nn1C. The van der Waals surface area contributed by atoms with Crippen molar-refractivity contribution in [2.24, 2.45) is 13.0 Å². The van der Waals surface area contributed by atoms with Gasteiger partial charge < -0.3 is 0 Å². The summed E-state index contributed by atoms with van der Waals surface area (Å²) in [6, 6.07) is 5.75. The molecule has 6 heteroatoms. The van der Waals surface area contributed by atoms with E-state index < -0.39 is 0 Å². The molecule has 0 aliphatic carbocycles. The minimum Gasteiger partial charge on any atom is -0.300 e. The highest BCUT2D eigenvalue weighted by atomic mass is 32.2. The van der Waals surface area contributed by atoms with Gasteiger partial charge in [-0.2, -0.15) is 16.9 Å². The average molecular weight is 304 g/mol. The first kappa shape index (κ1) is 15.6. The molecule has 21 heavy (non-hydrogen) atoms. The van der Waals surface area contributed by atoms with Crippen molar-refractivity contribution in [2.75, 3.05) is 24.0 Å². The molecule has 5 nitrogen and oxygen atoms in total. The van der Waals surface area contributed by atoms with Crippen LogP contribution in [0.4, 0.5) is 5.82 Å². The van der Waals surface area contributed by atoms with Gasteiger partial charge in [0.25, 0.3) is 0 Å². The Morgan fingerprint density at radius 1 is 1.52 bits per heavy atom. The minimum atomic E-state index is -0.0123. The van der Waals surface area contributed by atoms with Crippen molar-refractivity contribution < 1.29 is 4.79 Å². The maximum Gasteiger partial charge on any atom is 0.231 e. The Bertz CT molecular complexity index is 611. The fraction of sp³-hybridized carbons (Fsp3) is 0.400. The van der Waals surface area contributed by atoms with Gasteiger partial charge in [-0.1, -0.05) is 6.92 Å². The van der Waals surface area contributed by atoms with Crippen LogP contribution in [0.25, 0.3) is 11.3 Å². The van der Waals surface area contributed by atoms with Gasteiger partial charge >= 0.3 is 0 Å². The van der Waals surface area contributed by atoms with Gasteiger partial charge in [-0.15, -0.1) is 0 Å². The highest BCUT2D eigenvalue weighted by Crippen LogP contribution is 2.23. The summed E-state index contributed by atoms with van der Waals surface area (Å²) >= 11 is 1.68. The molecule has 0 bridgehead atoms. The van der Waals surface area contributed by atoms with E-state index in [4.69, 9.17) is 0 Å². The Morgan fingerprint density at radius 2 is 2.29 bits per heavy atom. The molecular weight excluding hydrogens is 284 g/mol. The highest BCUT2D eigenvalue weighted by molar-refractivity contribution is 7.98. The van der Waals surface area contributed by atoms with Crippen LogP contribution in [0.1, 0.15) is 6.92 Å². The van der Waals surface area contributed by atoms with E-state index in [-0.39, 0.29) is 11.8 Å². The van der Waals surface area contributed by atoms with Crippen LogP contribution in [0.5, 0.6) is 0 Å². The maximum atomic E-state index is 12.4. The van der Waals surface area contributed by atoms with Crippen molar-refractivity contribution in [3.8, 4) is 11.3 Å². The van der Waals surface area contributed by atoms with Crippen molar-refractivity contribution in [1.29, 1.82) is 0 Å². The Labute approximate surface area is 129 Å². The van der Waals surface area contributed by atoms with E-state index in [0.29, 0.717) is 0 Å². The summed E-state index contributed by atoms with van der Waals surface area (Å²) in [5.74, 6) is 1.69. The molecule has 0 saturated carbocycles. The lowest BCUT2D eigenvalue weighted by atomic mass is 10.2. The van der Waals surface area contributed by atoms with Crippen LogP contribution < -0.4 is 4.90 Å². The van der Waals surface area contributed by atoms with E-state index in [9.17, 15) is 4.79 Å². The number of aromatic nitrogens is 3. The zero-order valence-corrected chi connectivity index (χ0v) is 13.6. The number of carbonyl (C=O) groups excluding carboxylic acids is 1. The van der Waals surface area contributed by atoms with Gasteiger partial charge in [-0.05, 0) is 18.4 Å². The monoisotopic (exact) mass is 304 g/mol. The Hall–Kier alpha value is -1.82. The first-order valence-electron chi connectivity index (χ1n) is 6.75. The standard InChI is InChI=1S/C15H20N4OS/c1-11(10-21-4)15(20)18(2)14-8-13(17-19(14)3)12-6-5-7-16-9-12/h5-9,11H,10H2,1-4H3. The predicted molar refractivity (Wildman–Crippen MR) is 87.4 cm³/mol. The molecule has 0 radical (unpaired) electrons. The van der Waals surface area contributed by atoms with Crippen LogP contribution in [0.15, 0.2) is 30.6 Å². The lowest BCUT2D eigenvalue weighted by molar-refractivity contribution is -0.121. The predicted octanol–water partition coefficient (Wildman–Crippen LogP) is 2.44. The molecule has 0 aromatic carbocycles. The van der Waals surface area contributed by atoms with Crippen LogP contribution in [0.3, 0.4) is 0 Å². The zero-order valence-electron chi connectivity index (χ0n) is 12.8. The molecule has 2 heterocycles. The van der Waals surface area contributed by atoms with Crippen LogP contribution in [0.2, 0.25) is 0 Å². The number of aryl methyl sites for hydroxylation is 1. The number of rotatable bonds is 5. The summed E-state index contributed by atoms with van der Waals surface area (Å²) in [6.45, 7) is 1.95. The first-order chi connectivity index (χ1) is 10.0.